The first-order chi connectivity index (χ1) is 8.20. The van der Waals surface area contributed by atoms with E-state index in [0.29, 0.717) is 5.69 Å². The lowest BCUT2D eigenvalue weighted by atomic mass is 10.1. The van der Waals surface area contributed by atoms with E-state index >= 15 is 0 Å². The molecule has 5 nitrogen and oxygen atoms in total. The Bertz CT molecular complexity index is 517. The zero-order valence-corrected chi connectivity index (χ0v) is 9.40. The molecule has 0 saturated carbocycles. The van der Waals surface area contributed by atoms with Crippen LogP contribution < -0.4 is 5.32 Å². The van der Waals surface area contributed by atoms with Gasteiger partial charge in [0.2, 0.25) is 0 Å². The van der Waals surface area contributed by atoms with E-state index in [4.69, 9.17) is 5.11 Å². The van der Waals surface area contributed by atoms with E-state index in [2.05, 4.69) is 15.5 Å². The van der Waals surface area contributed by atoms with Crippen LogP contribution in [0, 0.1) is 0 Å². The third-order valence-electron chi connectivity index (χ3n) is 2.37. The van der Waals surface area contributed by atoms with Gasteiger partial charge in [0.05, 0.1) is 5.69 Å². The average molecular weight is 231 g/mol. The largest absolute Gasteiger partial charge is 0.477 e. The Balaban J connectivity index is 2.23. The first kappa shape index (κ1) is 11.2. The van der Waals surface area contributed by atoms with Crippen LogP contribution in [0.15, 0.2) is 30.3 Å². The van der Waals surface area contributed by atoms with Crippen LogP contribution in [0.25, 0.3) is 11.3 Å². The number of anilines is 1. The second kappa shape index (κ2) is 4.69. The van der Waals surface area contributed by atoms with Gasteiger partial charge in [0.25, 0.3) is 0 Å². The molecule has 0 fully saturated rings. The van der Waals surface area contributed by atoms with Crippen LogP contribution in [-0.4, -0.2) is 27.8 Å². The highest BCUT2D eigenvalue weighted by atomic mass is 16.4. The third-order valence-corrected chi connectivity index (χ3v) is 2.37. The monoisotopic (exact) mass is 231 g/mol. The van der Waals surface area contributed by atoms with Gasteiger partial charge in [-0.2, -0.15) is 5.10 Å². The highest BCUT2D eigenvalue weighted by Gasteiger charge is 2.08. The zero-order chi connectivity index (χ0) is 12.3. The predicted octanol–water partition coefficient (Wildman–Crippen LogP) is 2.21. The van der Waals surface area contributed by atoms with Crippen LogP contribution in [0.4, 0.5) is 5.69 Å². The third kappa shape index (κ3) is 2.44. The van der Waals surface area contributed by atoms with Crippen LogP contribution >= 0.6 is 0 Å². The number of H-pyrrole nitrogens is 1. The zero-order valence-electron chi connectivity index (χ0n) is 9.40. The molecule has 0 aliphatic rings. The molecule has 1 aromatic heterocycles. The first-order valence-electron chi connectivity index (χ1n) is 5.33. The summed E-state index contributed by atoms with van der Waals surface area (Å²) < 4.78 is 0. The number of hydrogen-bond donors (Lipinski definition) is 3. The van der Waals surface area contributed by atoms with Gasteiger partial charge in [-0.15, -0.1) is 0 Å². The average Bonchev–Trinajstić information content (AvgIpc) is 2.80. The van der Waals surface area contributed by atoms with E-state index in [1.165, 1.54) is 6.07 Å². The number of nitrogens with one attached hydrogen (secondary N) is 2. The highest BCUT2D eigenvalue weighted by molar-refractivity contribution is 5.86. The van der Waals surface area contributed by atoms with E-state index in [1.807, 2.05) is 31.2 Å². The molecule has 0 amide bonds. The molecular formula is C12H13N3O2. The molecule has 88 valence electrons. The molecule has 0 aliphatic carbocycles. The lowest BCUT2D eigenvalue weighted by Crippen LogP contribution is -1.95. The Morgan fingerprint density at radius 1 is 1.41 bits per heavy atom. The maximum absolute atomic E-state index is 10.7. The SMILES string of the molecule is CCNc1ccc(-c2cc(C(=O)O)[nH]n2)cc1. The summed E-state index contributed by atoms with van der Waals surface area (Å²) >= 11 is 0. The number of rotatable bonds is 4. The van der Waals surface area contributed by atoms with Gasteiger partial charge in [0.1, 0.15) is 5.69 Å². The minimum Gasteiger partial charge on any atom is -0.477 e. The van der Waals surface area contributed by atoms with Crippen molar-refractivity contribution in [2.24, 2.45) is 0 Å². The fraction of sp³-hybridized carbons (Fsp3) is 0.167. The maximum Gasteiger partial charge on any atom is 0.353 e. The Labute approximate surface area is 98.5 Å². The number of aromatic nitrogens is 2. The molecular weight excluding hydrogens is 218 g/mol. The molecule has 5 heteroatoms. The maximum atomic E-state index is 10.7. The topological polar surface area (TPSA) is 78.0 Å². The number of carboxylic acid groups (broad SMARTS) is 1. The number of nitrogens with zero attached hydrogens (tertiary/aromatic N) is 1. The molecule has 0 spiro atoms. The van der Waals surface area contributed by atoms with Crippen molar-refractivity contribution in [1.82, 2.24) is 10.2 Å². The first-order valence-corrected chi connectivity index (χ1v) is 5.33. The van der Waals surface area contributed by atoms with Gasteiger partial charge in [-0.05, 0) is 25.1 Å². The second-order valence-electron chi connectivity index (χ2n) is 3.58. The van der Waals surface area contributed by atoms with Crippen LogP contribution in [0.1, 0.15) is 17.4 Å². The Morgan fingerprint density at radius 2 is 2.12 bits per heavy atom. The Morgan fingerprint density at radius 3 is 2.65 bits per heavy atom. The van der Waals surface area contributed by atoms with Gasteiger partial charge < -0.3 is 10.4 Å². The van der Waals surface area contributed by atoms with Gasteiger partial charge in [-0.3, -0.25) is 5.10 Å². The van der Waals surface area contributed by atoms with Crippen molar-refractivity contribution in [2.45, 2.75) is 6.92 Å². The van der Waals surface area contributed by atoms with Crippen LogP contribution in [-0.2, 0) is 0 Å². The number of benzene rings is 1. The minimum atomic E-state index is -1.01. The Kier molecular flexibility index (Phi) is 3.09. The van der Waals surface area contributed by atoms with Gasteiger partial charge in [0, 0.05) is 17.8 Å². The van der Waals surface area contributed by atoms with E-state index in [-0.39, 0.29) is 5.69 Å². The number of aromatic amines is 1. The van der Waals surface area contributed by atoms with Gasteiger partial charge >= 0.3 is 5.97 Å². The number of aromatic carboxylic acids is 1. The molecule has 1 heterocycles. The fourth-order valence-corrected chi connectivity index (χ4v) is 1.54. The summed E-state index contributed by atoms with van der Waals surface area (Å²) in [6.45, 7) is 2.89. The minimum absolute atomic E-state index is 0.0933. The molecule has 0 radical (unpaired) electrons. The van der Waals surface area contributed by atoms with Crippen LogP contribution in [0.2, 0.25) is 0 Å². The quantitative estimate of drug-likeness (QED) is 0.753. The summed E-state index contributed by atoms with van der Waals surface area (Å²) in [5.74, 6) is -1.01. The molecule has 0 saturated heterocycles. The van der Waals surface area contributed by atoms with E-state index in [0.717, 1.165) is 17.8 Å². The predicted molar refractivity (Wildman–Crippen MR) is 65.1 cm³/mol. The van der Waals surface area contributed by atoms with Gasteiger partial charge in [0.15, 0.2) is 0 Å². The number of carbonyl (C=O) groups is 1. The summed E-state index contributed by atoms with van der Waals surface area (Å²) in [6, 6.07) is 9.20. The second-order valence-corrected chi connectivity index (χ2v) is 3.58. The van der Waals surface area contributed by atoms with E-state index in [1.54, 1.807) is 0 Å². The lowest BCUT2D eigenvalue weighted by molar-refractivity contribution is 0.0690. The van der Waals surface area contributed by atoms with Crippen LogP contribution in [0.3, 0.4) is 0 Å². The fourth-order valence-electron chi connectivity index (χ4n) is 1.54. The molecule has 3 N–H and O–H groups in total. The summed E-state index contributed by atoms with van der Waals surface area (Å²) in [7, 11) is 0. The van der Waals surface area contributed by atoms with E-state index in [9.17, 15) is 4.79 Å². The molecule has 0 bridgehead atoms. The number of hydrogen-bond acceptors (Lipinski definition) is 3. The lowest BCUT2D eigenvalue weighted by Gasteiger charge is -2.03. The van der Waals surface area contributed by atoms with Gasteiger partial charge in [-0.1, -0.05) is 12.1 Å². The Hall–Kier alpha value is -2.30. The molecule has 0 aliphatic heterocycles. The summed E-state index contributed by atoms with van der Waals surface area (Å²) in [6.07, 6.45) is 0. The van der Waals surface area contributed by atoms with Crippen molar-refractivity contribution in [3.05, 3.63) is 36.0 Å². The van der Waals surface area contributed by atoms with Crippen molar-refractivity contribution in [3.63, 3.8) is 0 Å². The molecule has 2 rings (SSSR count). The molecule has 0 unspecified atom stereocenters. The van der Waals surface area contributed by atoms with Crippen LogP contribution in [0.5, 0.6) is 0 Å². The highest BCUT2D eigenvalue weighted by Crippen LogP contribution is 2.20. The smallest absolute Gasteiger partial charge is 0.353 e. The summed E-state index contributed by atoms with van der Waals surface area (Å²) in [5, 5.41) is 18.4. The summed E-state index contributed by atoms with van der Waals surface area (Å²) in [5.41, 5.74) is 2.64. The number of carboxylic acids is 1. The van der Waals surface area contributed by atoms with Crippen molar-refractivity contribution >= 4 is 11.7 Å². The summed E-state index contributed by atoms with van der Waals surface area (Å²) in [4.78, 5) is 10.7. The van der Waals surface area contributed by atoms with Crippen molar-refractivity contribution < 1.29 is 9.90 Å². The van der Waals surface area contributed by atoms with Gasteiger partial charge in [-0.25, -0.2) is 4.79 Å². The van der Waals surface area contributed by atoms with Crippen molar-refractivity contribution in [2.75, 3.05) is 11.9 Å². The molecule has 17 heavy (non-hydrogen) atoms. The molecule has 2 aromatic rings. The van der Waals surface area contributed by atoms with E-state index < -0.39 is 5.97 Å². The van der Waals surface area contributed by atoms with Crippen molar-refractivity contribution in [3.8, 4) is 11.3 Å². The normalized spacial score (nSPS) is 10.2. The molecule has 1 aromatic carbocycles. The standard InChI is InChI=1S/C12H13N3O2/c1-2-13-9-5-3-8(4-6-9)10-7-11(12(16)17)15-14-10/h3-7,13H,2H2,1H3,(H,14,15)(H,16,17). The van der Waals surface area contributed by atoms with Crippen molar-refractivity contribution in [1.29, 1.82) is 0 Å². The molecule has 0 atom stereocenters.